The van der Waals surface area contributed by atoms with E-state index in [1.807, 2.05) is 49.1 Å². The highest BCUT2D eigenvalue weighted by Gasteiger charge is 2.43. The van der Waals surface area contributed by atoms with Gasteiger partial charge in [-0.15, -0.1) is 0 Å². The molecule has 0 bridgehead atoms. The van der Waals surface area contributed by atoms with Crippen LogP contribution in [0.1, 0.15) is 24.5 Å². The van der Waals surface area contributed by atoms with Crippen molar-refractivity contribution in [1.82, 2.24) is 4.90 Å². The third kappa shape index (κ3) is 5.43. The summed E-state index contributed by atoms with van der Waals surface area (Å²) < 4.78 is 16.4. The van der Waals surface area contributed by atoms with Crippen LogP contribution in [0.25, 0.3) is 5.57 Å². The Kier molecular flexibility index (Phi) is 8.63. The average molecular weight is 453 g/mol. The fourth-order valence-corrected chi connectivity index (χ4v) is 3.73. The summed E-state index contributed by atoms with van der Waals surface area (Å²) >= 11 is 0. The zero-order chi connectivity index (χ0) is 23.8. The summed E-state index contributed by atoms with van der Waals surface area (Å²) in [6.07, 6.45) is 0.816. The molecule has 0 unspecified atom stereocenters. The molecule has 33 heavy (non-hydrogen) atoms. The number of methoxy groups -OCH3 is 2. The van der Waals surface area contributed by atoms with Gasteiger partial charge in [0.25, 0.3) is 11.8 Å². The Morgan fingerprint density at radius 1 is 0.848 bits per heavy atom. The van der Waals surface area contributed by atoms with Crippen LogP contribution in [0.4, 0.5) is 5.69 Å². The molecule has 0 saturated carbocycles. The first-order valence-corrected chi connectivity index (χ1v) is 11.2. The van der Waals surface area contributed by atoms with E-state index in [9.17, 15) is 9.59 Å². The molecule has 0 spiro atoms. The molecular weight excluding hydrogens is 420 g/mol. The van der Waals surface area contributed by atoms with Crippen LogP contribution in [0.15, 0.2) is 54.2 Å². The summed E-state index contributed by atoms with van der Waals surface area (Å²) in [5, 5.41) is 0. The number of amides is 2. The number of para-hydroxylation sites is 2. The second-order valence-corrected chi connectivity index (χ2v) is 7.82. The monoisotopic (exact) mass is 452 g/mol. The number of carbonyl (C=O) groups is 2. The van der Waals surface area contributed by atoms with E-state index >= 15 is 0 Å². The lowest BCUT2D eigenvalue weighted by Gasteiger charge is -2.26. The standard InChI is InChI=1S/C26H32N2O5/c1-5-16-33-22-9-7-6-8-21(22)28-25(29)23(20-12-10-19(2)11-13-20)24(26(28)30)27(14-17-31-3)15-18-32-4/h6-13H,5,14-18H2,1-4H3. The van der Waals surface area contributed by atoms with Crippen LogP contribution in [0, 0.1) is 6.92 Å². The van der Waals surface area contributed by atoms with Gasteiger partial charge in [0.15, 0.2) is 0 Å². The topological polar surface area (TPSA) is 68.3 Å². The molecule has 2 aromatic rings. The molecule has 2 amide bonds. The van der Waals surface area contributed by atoms with Crippen molar-refractivity contribution in [3.8, 4) is 5.75 Å². The van der Waals surface area contributed by atoms with Gasteiger partial charge in [-0.2, -0.15) is 0 Å². The fourth-order valence-electron chi connectivity index (χ4n) is 3.73. The second-order valence-electron chi connectivity index (χ2n) is 7.82. The lowest BCUT2D eigenvalue weighted by molar-refractivity contribution is -0.120. The highest BCUT2D eigenvalue weighted by molar-refractivity contribution is 6.45. The lowest BCUT2D eigenvalue weighted by atomic mass is 10.0. The van der Waals surface area contributed by atoms with Crippen molar-refractivity contribution in [3.63, 3.8) is 0 Å². The highest BCUT2D eigenvalue weighted by atomic mass is 16.5. The van der Waals surface area contributed by atoms with Crippen LogP contribution >= 0.6 is 0 Å². The van der Waals surface area contributed by atoms with E-state index in [0.717, 1.165) is 12.0 Å². The predicted molar refractivity (Wildman–Crippen MR) is 128 cm³/mol. The highest BCUT2D eigenvalue weighted by Crippen LogP contribution is 2.38. The van der Waals surface area contributed by atoms with Gasteiger partial charge in [0.05, 0.1) is 31.1 Å². The van der Waals surface area contributed by atoms with Crippen molar-refractivity contribution in [1.29, 1.82) is 0 Å². The predicted octanol–water partition coefficient (Wildman–Crippen LogP) is 3.66. The van der Waals surface area contributed by atoms with Gasteiger partial charge >= 0.3 is 0 Å². The Balaban J connectivity index is 2.12. The molecule has 0 N–H and O–H groups in total. The molecule has 1 aliphatic heterocycles. The molecule has 0 saturated heterocycles. The molecule has 0 aromatic heterocycles. The minimum atomic E-state index is -0.379. The average Bonchev–Trinajstić information content (AvgIpc) is 3.08. The molecular formula is C26H32N2O5. The minimum absolute atomic E-state index is 0.350. The van der Waals surface area contributed by atoms with Gasteiger partial charge in [0.2, 0.25) is 0 Å². The molecule has 0 radical (unpaired) electrons. The molecule has 2 aromatic carbocycles. The molecule has 7 heteroatoms. The van der Waals surface area contributed by atoms with E-state index in [4.69, 9.17) is 14.2 Å². The number of nitrogens with zero attached hydrogens (tertiary/aromatic N) is 2. The SMILES string of the molecule is CCCOc1ccccc1N1C(=O)C(c2ccc(C)cc2)=C(N(CCOC)CCOC)C1=O. The summed E-state index contributed by atoms with van der Waals surface area (Å²) in [7, 11) is 3.22. The number of hydrogen-bond acceptors (Lipinski definition) is 6. The van der Waals surface area contributed by atoms with E-state index < -0.39 is 0 Å². The zero-order valence-electron chi connectivity index (χ0n) is 19.8. The lowest BCUT2D eigenvalue weighted by Crippen LogP contribution is -2.37. The number of carbonyl (C=O) groups excluding carboxylic acids is 2. The Morgan fingerprint density at radius 2 is 1.48 bits per heavy atom. The van der Waals surface area contributed by atoms with Gasteiger partial charge in [-0.3, -0.25) is 9.59 Å². The molecule has 0 atom stereocenters. The van der Waals surface area contributed by atoms with E-state index in [2.05, 4.69) is 0 Å². The van der Waals surface area contributed by atoms with Crippen LogP contribution in [0.5, 0.6) is 5.75 Å². The Morgan fingerprint density at radius 3 is 2.09 bits per heavy atom. The third-order valence-corrected chi connectivity index (χ3v) is 5.41. The van der Waals surface area contributed by atoms with Crippen LogP contribution in [0.3, 0.4) is 0 Å². The number of aryl methyl sites for hydroxylation is 1. The Bertz CT molecular complexity index is 992. The van der Waals surface area contributed by atoms with Gasteiger partial charge in [-0.25, -0.2) is 4.90 Å². The van der Waals surface area contributed by atoms with Crippen molar-refractivity contribution < 1.29 is 23.8 Å². The number of hydrogen-bond donors (Lipinski definition) is 0. The van der Waals surface area contributed by atoms with Crippen LogP contribution < -0.4 is 9.64 Å². The molecule has 1 aliphatic rings. The van der Waals surface area contributed by atoms with Crippen molar-refractivity contribution in [2.75, 3.05) is 52.0 Å². The first-order chi connectivity index (χ1) is 16.0. The quantitative estimate of drug-likeness (QED) is 0.458. The molecule has 1 heterocycles. The van der Waals surface area contributed by atoms with Gasteiger partial charge < -0.3 is 19.1 Å². The van der Waals surface area contributed by atoms with Crippen molar-refractivity contribution in [2.45, 2.75) is 20.3 Å². The van der Waals surface area contributed by atoms with Crippen LogP contribution in [0.2, 0.25) is 0 Å². The summed E-state index contributed by atoms with van der Waals surface area (Å²) in [6.45, 7) is 6.20. The maximum atomic E-state index is 13.8. The second kappa shape index (κ2) is 11.6. The summed E-state index contributed by atoms with van der Waals surface area (Å²) in [5.74, 6) is -0.243. The molecule has 3 rings (SSSR count). The van der Waals surface area contributed by atoms with E-state index in [0.29, 0.717) is 61.2 Å². The fraction of sp³-hybridized carbons (Fsp3) is 0.385. The smallest absolute Gasteiger partial charge is 0.282 e. The largest absolute Gasteiger partial charge is 0.491 e. The Labute approximate surface area is 195 Å². The number of anilines is 1. The molecule has 7 nitrogen and oxygen atoms in total. The zero-order valence-corrected chi connectivity index (χ0v) is 19.8. The molecule has 0 fully saturated rings. The molecule has 0 aliphatic carbocycles. The van der Waals surface area contributed by atoms with E-state index in [1.165, 1.54) is 4.90 Å². The van der Waals surface area contributed by atoms with Gasteiger partial charge in [-0.05, 0) is 31.0 Å². The third-order valence-electron chi connectivity index (χ3n) is 5.41. The van der Waals surface area contributed by atoms with E-state index in [1.54, 1.807) is 32.4 Å². The maximum Gasteiger partial charge on any atom is 0.282 e. The first kappa shape index (κ1) is 24.5. The van der Waals surface area contributed by atoms with Gasteiger partial charge in [-0.1, -0.05) is 48.9 Å². The van der Waals surface area contributed by atoms with Crippen LogP contribution in [-0.4, -0.2) is 63.8 Å². The number of benzene rings is 2. The molecule has 176 valence electrons. The normalized spacial score (nSPS) is 13.8. The summed E-state index contributed by atoms with van der Waals surface area (Å²) in [4.78, 5) is 30.7. The van der Waals surface area contributed by atoms with Crippen molar-refractivity contribution in [2.24, 2.45) is 0 Å². The van der Waals surface area contributed by atoms with E-state index in [-0.39, 0.29) is 11.8 Å². The number of rotatable bonds is 12. The van der Waals surface area contributed by atoms with Gasteiger partial charge in [0.1, 0.15) is 11.4 Å². The van der Waals surface area contributed by atoms with Gasteiger partial charge in [0, 0.05) is 27.3 Å². The maximum absolute atomic E-state index is 13.8. The summed E-state index contributed by atoms with van der Waals surface area (Å²) in [5.41, 5.74) is 2.94. The first-order valence-electron chi connectivity index (χ1n) is 11.2. The van der Waals surface area contributed by atoms with Crippen molar-refractivity contribution >= 4 is 23.1 Å². The number of imide groups is 1. The van der Waals surface area contributed by atoms with Crippen LogP contribution in [-0.2, 0) is 19.1 Å². The summed E-state index contributed by atoms with van der Waals surface area (Å²) in [6, 6.07) is 14.8. The van der Waals surface area contributed by atoms with Crippen molar-refractivity contribution in [3.05, 3.63) is 65.4 Å². The minimum Gasteiger partial charge on any atom is -0.491 e. The Hall–Kier alpha value is -3.16. The number of ether oxygens (including phenoxy) is 3.